The number of hydrogen-bond donors (Lipinski definition) is 2. The van der Waals surface area contributed by atoms with Gasteiger partial charge in [0.05, 0.1) is 10.6 Å². The number of non-ortho nitro benzene ring substituents is 1. The summed E-state index contributed by atoms with van der Waals surface area (Å²) in [6.45, 7) is 0.491. The number of aromatic nitrogens is 3. The fraction of sp³-hybridized carbons (Fsp3) is 0.118. The van der Waals surface area contributed by atoms with Gasteiger partial charge in [-0.2, -0.15) is 4.98 Å². The molecule has 2 heterocycles. The van der Waals surface area contributed by atoms with Crippen molar-refractivity contribution in [1.29, 1.82) is 0 Å². The van der Waals surface area contributed by atoms with Gasteiger partial charge in [-0.15, -0.1) is 0 Å². The Bertz CT molecular complexity index is 868. The Hall–Kier alpha value is -3.55. The van der Waals surface area contributed by atoms with Crippen molar-refractivity contribution in [3.63, 3.8) is 0 Å². The van der Waals surface area contributed by atoms with Crippen molar-refractivity contribution in [1.82, 2.24) is 15.0 Å². The van der Waals surface area contributed by atoms with Crippen molar-refractivity contribution in [2.45, 2.75) is 6.54 Å². The second-order valence-corrected chi connectivity index (χ2v) is 5.23. The molecule has 0 spiro atoms. The van der Waals surface area contributed by atoms with Crippen LogP contribution >= 0.6 is 0 Å². The van der Waals surface area contributed by atoms with Crippen LogP contribution in [0.4, 0.5) is 17.5 Å². The Labute approximate surface area is 144 Å². The van der Waals surface area contributed by atoms with Crippen LogP contribution in [0.25, 0.3) is 11.3 Å². The molecule has 2 N–H and O–H groups in total. The minimum atomic E-state index is -0.416. The number of nitro groups is 1. The van der Waals surface area contributed by atoms with Gasteiger partial charge < -0.3 is 10.6 Å². The molecule has 0 aliphatic rings. The smallest absolute Gasteiger partial charge is 0.269 e. The summed E-state index contributed by atoms with van der Waals surface area (Å²) < 4.78 is 0. The van der Waals surface area contributed by atoms with Gasteiger partial charge >= 0.3 is 0 Å². The van der Waals surface area contributed by atoms with Crippen LogP contribution in [-0.2, 0) is 6.54 Å². The molecule has 8 nitrogen and oxygen atoms in total. The molecule has 0 bridgehead atoms. The molecule has 0 amide bonds. The highest BCUT2D eigenvalue weighted by Crippen LogP contribution is 2.21. The summed E-state index contributed by atoms with van der Waals surface area (Å²) in [6, 6.07) is 12.0. The molecule has 25 heavy (non-hydrogen) atoms. The molecule has 0 unspecified atom stereocenters. The first-order valence-electron chi connectivity index (χ1n) is 7.60. The molecule has 3 aromatic rings. The first-order chi connectivity index (χ1) is 12.2. The third kappa shape index (κ3) is 4.05. The van der Waals surface area contributed by atoms with Crippen molar-refractivity contribution < 1.29 is 4.92 Å². The fourth-order valence-corrected chi connectivity index (χ4v) is 2.24. The van der Waals surface area contributed by atoms with Crippen LogP contribution in [0, 0.1) is 10.1 Å². The molecule has 126 valence electrons. The summed E-state index contributed by atoms with van der Waals surface area (Å²) in [5.74, 6) is 1.14. The van der Waals surface area contributed by atoms with Crippen molar-refractivity contribution in [2.24, 2.45) is 0 Å². The summed E-state index contributed by atoms with van der Waals surface area (Å²) in [6.07, 6.45) is 3.44. The van der Waals surface area contributed by atoms with Gasteiger partial charge in [-0.25, -0.2) is 4.98 Å². The molecule has 0 atom stereocenters. The highest BCUT2D eigenvalue weighted by Gasteiger charge is 2.07. The second kappa shape index (κ2) is 7.35. The van der Waals surface area contributed by atoms with E-state index in [9.17, 15) is 10.1 Å². The van der Waals surface area contributed by atoms with Crippen LogP contribution < -0.4 is 10.6 Å². The quantitative estimate of drug-likeness (QED) is 0.526. The maximum atomic E-state index is 10.7. The zero-order valence-electron chi connectivity index (χ0n) is 13.5. The molecule has 8 heteroatoms. The van der Waals surface area contributed by atoms with E-state index in [0.29, 0.717) is 18.3 Å². The molecule has 0 fully saturated rings. The van der Waals surface area contributed by atoms with Crippen molar-refractivity contribution in [3.8, 4) is 11.3 Å². The Morgan fingerprint density at radius 1 is 1.16 bits per heavy atom. The zero-order valence-corrected chi connectivity index (χ0v) is 13.5. The predicted molar refractivity (Wildman–Crippen MR) is 95.2 cm³/mol. The number of benzene rings is 1. The van der Waals surface area contributed by atoms with Gasteiger partial charge in [0.1, 0.15) is 5.82 Å². The van der Waals surface area contributed by atoms with E-state index in [1.807, 2.05) is 18.2 Å². The monoisotopic (exact) mass is 336 g/mol. The van der Waals surface area contributed by atoms with Gasteiger partial charge in [-0.1, -0.05) is 12.1 Å². The Kier molecular flexibility index (Phi) is 4.79. The summed E-state index contributed by atoms with van der Waals surface area (Å²) in [7, 11) is 1.75. The minimum absolute atomic E-state index is 0.0714. The minimum Gasteiger partial charge on any atom is -0.366 e. The van der Waals surface area contributed by atoms with Gasteiger partial charge in [0.2, 0.25) is 5.95 Å². The molecule has 0 saturated carbocycles. The van der Waals surface area contributed by atoms with E-state index < -0.39 is 4.92 Å². The molecule has 2 aromatic heterocycles. The van der Waals surface area contributed by atoms with E-state index in [1.165, 1.54) is 12.1 Å². The second-order valence-electron chi connectivity index (χ2n) is 5.23. The van der Waals surface area contributed by atoms with E-state index >= 15 is 0 Å². The Morgan fingerprint density at radius 2 is 1.96 bits per heavy atom. The summed E-state index contributed by atoms with van der Waals surface area (Å²) >= 11 is 0. The van der Waals surface area contributed by atoms with Crippen LogP contribution in [0.15, 0.2) is 54.9 Å². The van der Waals surface area contributed by atoms with Gasteiger partial charge in [0, 0.05) is 49.7 Å². The molecule has 0 saturated heterocycles. The standard InChI is InChI=1S/C17H16N6O2/c1-18-17-21-15(13-3-2-8-19-11-13)9-16(22-17)20-10-12-4-6-14(7-5-12)23(24)25/h2-9,11H,10H2,1H3,(H2,18,20,21,22). The van der Waals surface area contributed by atoms with E-state index in [0.717, 1.165) is 16.8 Å². The maximum absolute atomic E-state index is 10.7. The molecular formula is C17H16N6O2. The van der Waals surface area contributed by atoms with Crippen molar-refractivity contribution >= 4 is 17.5 Å². The molecule has 0 radical (unpaired) electrons. The van der Waals surface area contributed by atoms with E-state index in [1.54, 1.807) is 31.6 Å². The molecule has 0 aliphatic carbocycles. The SMILES string of the molecule is CNc1nc(NCc2ccc([N+](=O)[O-])cc2)cc(-c2cccnc2)n1. The Morgan fingerprint density at radius 3 is 2.60 bits per heavy atom. The number of nitro benzene ring substituents is 1. The molecular weight excluding hydrogens is 320 g/mol. The van der Waals surface area contributed by atoms with Crippen LogP contribution in [0.1, 0.15) is 5.56 Å². The van der Waals surface area contributed by atoms with Gasteiger partial charge in [-0.05, 0) is 17.7 Å². The zero-order chi connectivity index (χ0) is 17.6. The average molecular weight is 336 g/mol. The first kappa shape index (κ1) is 16.3. The van der Waals surface area contributed by atoms with Gasteiger partial charge in [0.25, 0.3) is 5.69 Å². The predicted octanol–water partition coefficient (Wildman–Crippen LogP) is 3.10. The molecule has 3 rings (SSSR count). The summed E-state index contributed by atoms with van der Waals surface area (Å²) in [4.78, 5) is 23.2. The number of nitrogens with one attached hydrogen (secondary N) is 2. The van der Waals surface area contributed by atoms with E-state index in [-0.39, 0.29) is 5.69 Å². The maximum Gasteiger partial charge on any atom is 0.269 e. The number of rotatable bonds is 6. The topological polar surface area (TPSA) is 106 Å². The third-order valence-corrected chi connectivity index (χ3v) is 3.53. The Balaban J connectivity index is 1.79. The summed E-state index contributed by atoms with van der Waals surface area (Å²) in [5.41, 5.74) is 2.62. The van der Waals surface area contributed by atoms with E-state index in [2.05, 4.69) is 25.6 Å². The third-order valence-electron chi connectivity index (χ3n) is 3.53. The van der Waals surface area contributed by atoms with Gasteiger partial charge in [0.15, 0.2) is 0 Å². The number of hydrogen-bond acceptors (Lipinski definition) is 7. The average Bonchev–Trinajstić information content (AvgIpc) is 2.67. The lowest BCUT2D eigenvalue weighted by Gasteiger charge is -2.10. The van der Waals surface area contributed by atoms with Crippen LogP contribution in [0.2, 0.25) is 0 Å². The highest BCUT2D eigenvalue weighted by molar-refractivity contribution is 5.63. The van der Waals surface area contributed by atoms with Crippen molar-refractivity contribution in [2.75, 3.05) is 17.7 Å². The van der Waals surface area contributed by atoms with Crippen LogP contribution in [0.3, 0.4) is 0 Å². The lowest BCUT2D eigenvalue weighted by molar-refractivity contribution is -0.384. The normalized spacial score (nSPS) is 10.3. The van der Waals surface area contributed by atoms with Crippen molar-refractivity contribution in [3.05, 3.63) is 70.5 Å². The van der Waals surface area contributed by atoms with Crippen LogP contribution in [0.5, 0.6) is 0 Å². The summed E-state index contributed by atoms with van der Waals surface area (Å²) in [5, 5.41) is 16.8. The lowest BCUT2D eigenvalue weighted by Crippen LogP contribution is -2.05. The largest absolute Gasteiger partial charge is 0.366 e. The van der Waals surface area contributed by atoms with Crippen LogP contribution in [-0.4, -0.2) is 26.9 Å². The first-order valence-corrected chi connectivity index (χ1v) is 7.60. The lowest BCUT2D eigenvalue weighted by atomic mass is 10.2. The highest BCUT2D eigenvalue weighted by atomic mass is 16.6. The number of nitrogens with zero attached hydrogens (tertiary/aromatic N) is 4. The number of pyridine rings is 1. The van der Waals surface area contributed by atoms with Gasteiger partial charge in [-0.3, -0.25) is 15.1 Å². The van der Waals surface area contributed by atoms with E-state index in [4.69, 9.17) is 0 Å². The number of anilines is 2. The fourth-order valence-electron chi connectivity index (χ4n) is 2.24. The molecule has 0 aliphatic heterocycles. The molecule has 1 aromatic carbocycles.